The minimum Gasteiger partial charge on any atom is -0.326 e. The summed E-state index contributed by atoms with van der Waals surface area (Å²) in [6.45, 7) is 3.44. The van der Waals surface area contributed by atoms with Gasteiger partial charge in [-0.3, -0.25) is 4.79 Å². The highest BCUT2D eigenvalue weighted by Gasteiger charge is 1.96. The van der Waals surface area contributed by atoms with Crippen molar-refractivity contribution in [3.05, 3.63) is 29.8 Å². The molecule has 0 aliphatic carbocycles. The van der Waals surface area contributed by atoms with Crippen LogP contribution in [0.4, 0.5) is 5.69 Å². The lowest BCUT2D eigenvalue weighted by Gasteiger charge is -2.03. The van der Waals surface area contributed by atoms with Gasteiger partial charge in [-0.15, -0.1) is 0 Å². The highest BCUT2D eigenvalue weighted by atomic mass is 16.1. The quantitative estimate of drug-likeness (QED) is 0.646. The van der Waals surface area contributed by atoms with E-state index in [1.54, 1.807) is 6.07 Å². The minimum atomic E-state index is -0.0484. The van der Waals surface area contributed by atoms with Gasteiger partial charge in [0.15, 0.2) is 0 Å². The molecular weight excluding hydrogens is 138 g/mol. The highest BCUT2D eigenvalue weighted by Crippen LogP contribution is 2.11. The van der Waals surface area contributed by atoms with Crippen molar-refractivity contribution >= 4 is 11.6 Å². The lowest BCUT2D eigenvalue weighted by molar-refractivity contribution is -0.114. The van der Waals surface area contributed by atoms with E-state index in [9.17, 15) is 4.79 Å². The fourth-order valence-corrected chi connectivity index (χ4v) is 0.832. The first-order valence-corrected chi connectivity index (χ1v) is 3.44. The van der Waals surface area contributed by atoms with E-state index in [1.165, 1.54) is 6.92 Å². The third kappa shape index (κ3) is 2.08. The molecule has 1 rings (SSSR count). The Labute approximate surface area is 66.2 Å². The van der Waals surface area contributed by atoms with E-state index in [0.29, 0.717) is 0 Å². The summed E-state index contributed by atoms with van der Waals surface area (Å²) in [5.74, 6) is -0.0484. The van der Waals surface area contributed by atoms with Gasteiger partial charge >= 0.3 is 0 Å². The smallest absolute Gasteiger partial charge is 0.221 e. The van der Waals surface area contributed by atoms with Crippen molar-refractivity contribution < 1.29 is 4.79 Å². The monoisotopic (exact) mass is 148 g/mol. The summed E-state index contributed by atoms with van der Waals surface area (Å²) in [4.78, 5) is 10.6. The van der Waals surface area contributed by atoms with Crippen molar-refractivity contribution in [2.24, 2.45) is 0 Å². The molecule has 1 amide bonds. The van der Waals surface area contributed by atoms with Gasteiger partial charge in [-0.2, -0.15) is 0 Å². The topological polar surface area (TPSA) is 29.1 Å². The van der Waals surface area contributed by atoms with Crippen LogP contribution in [0.5, 0.6) is 0 Å². The number of benzene rings is 1. The van der Waals surface area contributed by atoms with Gasteiger partial charge in [0.05, 0.1) is 0 Å². The predicted octanol–water partition coefficient (Wildman–Crippen LogP) is 1.75. The second-order valence-corrected chi connectivity index (χ2v) is 2.42. The van der Waals surface area contributed by atoms with Crippen LogP contribution in [-0.4, -0.2) is 5.91 Å². The third-order valence-electron chi connectivity index (χ3n) is 1.39. The maximum atomic E-state index is 10.6. The fourth-order valence-electron chi connectivity index (χ4n) is 0.832. The first-order chi connectivity index (χ1) is 5.20. The second-order valence-electron chi connectivity index (χ2n) is 2.42. The Morgan fingerprint density at radius 2 is 2.36 bits per heavy atom. The van der Waals surface area contributed by atoms with E-state index < -0.39 is 0 Å². The molecule has 1 aromatic carbocycles. The van der Waals surface area contributed by atoms with E-state index in [2.05, 4.69) is 11.4 Å². The molecule has 0 fully saturated rings. The lowest BCUT2D eigenvalue weighted by Crippen LogP contribution is -2.06. The molecule has 0 heterocycles. The molecular formula is C9H10NO. The molecule has 0 unspecified atom stereocenters. The molecule has 0 aliphatic heterocycles. The predicted molar refractivity (Wildman–Crippen MR) is 44.3 cm³/mol. The molecule has 11 heavy (non-hydrogen) atoms. The Bertz CT molecular complexity index is 268. The van der Waals surface area contributed by atoms with Gasteiger partial charge in [-0.05, 0) is 24.6 Å². The summed E-state index contributed by atoms with van der Waals surface area (Å²) in [7, 11) is 0. The van der Waals surface area contributed by atoms with Gasteiger partial charge in [-0.25, -0.2) is 0 Å². The van der Waals surface area contributed by atoms with Crippen LogP contribution in [0, 0.1) is 13.0 Å². The Kier molecular flexibility index (Phi) is 2.26. The molecule has 0 spiro atoms. The van der Waals surface area contributed by atoms with Crippen LogP contribution < -0.4 is 5.32 Å². The van der Waals surface area contributed by atoms with Crippen molar-refractivity contribution in [2.75, 3.05) is 5.32 Å². The summed E-state index contributed by atoms with van der Waals surface area (Å²) >= 11 is 0. The zero-order chi connectivity index (χ0) is 8.27. The van der Waals surface area contributed by atoms with Crippen LogP contribution in [-0.2, 0) is 4.79 Å². The molecule has 57 valence electrons. The molecule has 0 saturated heterocycles. The number of aryl methyl sites for hydroxylation is 1. The Balaban J connectivity index is 2.86. The van der Waals surface area contributed by atoms with E-state index in [0.717, 1.165) is 11.3 Å². The molecule has 2 heteroatoms. The number of hydrogen-bond acceptors (Lipinski definition) is 1. The lowest BCUT2D eigenvalue weighted by atomic mass is 10.2. The first-order valence-electron chi connectivity index (χ1n) is 3.44. The van der Waals surface area contributed by atoms with Gasteiger partial charge in [-0.1, -0.05) is 12.1 Å². The van der Waals surface area contributed by atoms with Crippen LogP contribution in [0.1, 0.15) is 12.5 Å². The molecule has 2 nitrogen and oxygen atoms in total. The molecule has 0 atom stereocenters. The van der Waals surface area contributed by atoms with Crippen molar-refractivity contribution in [2.45, 2.75) is 13.8 Å². The fraction of sp³-hybridized carbons (Fsp3) is 0.222. The van der Waals surface area contributed by atoms with Crippen molar-refractivity contribution in [3.8, 4) is 0 Å². The Morgan fingerprint density at radius 3 is 2.91 bits per heavy atom. The van der Waals surface area contributed by atoms with Crippen LogP contribution >= 0.6 is 0 Å². The molecule has 0 saturated carbocycles. The van der Waals surface area contributed by atoms with E-state index in [-0.39, 0.29) is 5.91 Å². The average Bonchev–Trinajstić information content (AvgIpc) is 1.93. The second kappa shape index (κ2) is 3.19. The summed E-state index contributed by atoms with van der Waals surface area (Å²) in [6, 6.07) is 8.38. The summed E-state index contributed by atoms with van der Waals surface area (Å²) in [5, 5.41) is 2.70. The number of anilines is 1. The largest absolute Gasteiger partial charge is 0.326 e. The molecule has 1 radical (unpaired) electrons. The first kappa shape index (κ1) is 7.79. The van der Waals surface area contributed by atoms with Gasteiger partial charge < -0.3 is 5.32 Å². The summed E-state index contributed by atoms with van der Waals surface area (Å²) in [6.07, 6.45) is 0. The van der Waals surface area contributed by atoms with E-state index in [4.69, 9.17) is 0 Å². The SMILES string of the molecule is CC(=O)Nc1c[c]ccc1C. The highest BCUT2D eigenvalue weighted by molar-refractivity contribution is 5.89. The number of carbonyl (C=O) groups is 1. The van der Waals surface area contributed by atoms with Crippen molar-refractivity contribution in [1.29, 1.82) is 0 Å². The molecule has 0 aromatic heterocycles. The van der Waals surface area contributed by atoms with Crippen molar-refractivity contribution in [1.82, 2.24) is 0 Å². The van der Waals surface area contributed by atoms with E-state index in [1.807, 2.05) is 19.1 Å². The third-order valence-corrected chi connectivity index (χ3v) is 1.39. The molecule has 0 bridgehead atoms. The minimum absolute atomic E-state index is 0.0484. The maximum absolute atomic E-state index is 10.6. The van der Waals surface area contributed by atoms with Gasteiger partial charge in [0, 0.05) is 12.6 Å². The Hall–Kier alpha value is -1.31. The van der Waals surface area contributed by atoms with Crippen molar-refractivity contribution in [3.63, 3.8) is 0 Å². The van der Waals surface area contributed by atoms with Gasteiger partial charge in [0.1, 0.15) is 0 Å². The number of amides is 1. The standard InChI is InChI=1S/C9H10NO/c1-7-5-3-4-6-9(7)10-8(2)11/h3,5-6H,1-2H3,(H,10,11). The van der Waals surface area contributed by atoms with Gasteiger partial charge in [0.2, 0.25) is 5.91 Å². The zero-order valence-electron chi connectivity index (χ0n) is 6.64. The molecule has 1 aromatic rings. The molecule has 1 N–H and O–H groups in total. The van der Waals surface area contributed by atoms with Crippen LogP contribution in [0.25, 0.3) is 0 Å². The van der Waals surface area contributed by atoms with Crippen LogP contribution in [0.3, 0.4) is 0 Å². The van der Waals surface area contributed by atoms with E-state index >= 15 is 0 Å². The summed E-state index contributed by atoms with van der Waals surface area (Å²) < 4.78 is 0. The average molecular weight is 148 g/mol. The normalized spacial score (nSPS) is 9.27. The number of nitrogens with one attached hydrogen (secondary N) is 1. The Morgan fingerprint density at radius 1 is 1.64 bits per heavy atom. The number of rotatable bonds is 1. The zero-order valence-corrected chi connectivity index (χ0v) is 6.64. The van der Waals surface area contributed by atoms with Crippen LogP contribution in [0.15, 0.2) is 18.2 Å². The number of carbonyl (C=O) groups excluding carboxylic acids is 1. The van der Waals surface area contributed by atoms with Gasteiger partial charge in [0.25, 0.3) is 0 Å². The van der Waals surface area contributed by atoms with Crippen LogP contribution in [0.2, 0.25) is 0 Å². The molecule has 0 aliphatic rings. The number of hydrogen-bond donors (Lipinski definition) is 1. The maximum Gasteiger partial charge on any atom is 0.221 e. The summed E-state index contributed by atoms with van der Waals surface area (Å²) in [5.41, 5.74) is 1.89.